The van der Waals surface area contributed by atoms with Gasteiger partial charge >= 0.3 is 5.69 Å². The van der Waals surface area contributed by atoms with E-state index in [2.05, 4.69) is 9.98 Å². The molecule has 0 radical (unpaired) electrons. The normalized spacial score (nSPS) is 16.3. The molecule has 5 rings (SSSR count). The average Bonchev–Trinajstić information content (AvgIpc) is 3.09. The van der Waals surface area contributed by atoms with E-state index < -0.39 is 17.2 Å². The maximum absolute atomic E-state index is 13.2. The third kappa shape index (κ3) is 3.35. The molecule has 3 aromatic rings. The van der Waals surface area contributed by atoms with Gasteiger partial charge in [-0.2, -0.15) is 4.57 Å². The molecule has 2 aromatic carbocycles. The number of aromatic amines is 1. The number of halogens is 2. The first-order chi connectivity index (χ1) is 15.9. The fraction of sp³-hybridized carbons (Fsp3) is 0.208. The van der Waals surface area contributed by atoms with Crippen molar-refractivity contribution < 1.29 is 14.8 Å². The minimum absolute atomic E-state index is 0.0522. The molecular weight excluding hydrogens is 465 g/mol. The lowest BCUT2D eigenvalue weighted by molar-refractivity contribution is -0.364. The first kappa shape index (κ1) is 21.7. The molecule has 9 heteroatoms. The van der Waals surface area contributed by atoms with Gasteiger partial charge in [-0.3, -0.25) is 9.78 Å². The second-order valence-electron chi connectivity index (χ2n) is 7.90. The molecule has 7 nitrogen and oxygen atoms in total. The number of benzene rings is 2. The summed E-state index contributed by atoms with van der Waals surface area (Å²) in [6.07, 6.45) is 0.568. The van der Waals surface area contributed by atoms with Crippen molar-refractivity contribution >= 4 is 40.5 Å². The fourth-order valence-electron chi connectivity index (χ4n) is 4.62. The van der Waals surface area contributed by atoms with Crippen LogP contribution in [0.4, 0.5) is 5.82 Å². The van der Waals surface area contributed by atoms with Gasteiger partial charge in [0.1, 0.15) is 17.0 Å². The fourth-order valence-corrected chi connectivity index (χ4v) is 5.04. The summed E-state index contributed by atoms with van der Waals surface area (Å²) in [6.45, 7) is 0.782. The van der Waals surface area contributed by atoms with Crippen LogP contribution in [0.5, 0.6) is 0 Å². The quantitative estimate of drug-likeness (QED) is 0.484. The number of hydrogen-bond donors (Lipinski definition) is 3. The molecule has 0 saturated heterocycles. The van der Waals surface area contributed by atoms with Crippen molar-refractivity contribution in [1.29, 1.82) is 0 Å². The van der Waals surface area contributed by atoms with E-state index in [4.69, 9.17) is 27.9 Å². The SMILES string of the molecule is COCCCn1c2c(c(=O)[nH]c1=O)C(c1cccc(Cl)c1Cl)C1=C(O)c3ccccc3C1=[NH+]2. The number of aromatic nitrogens is 2. The molecule has 0 amide bonds. The molecule has 1 atom stereocenters. The maximum atomic E-state index is 13.2. The summed E-state index contributed by atoms with van der Waals surface area (Å²) < 4.78 is 6.62. The van der Waals surface area contributed by atoms with Crippen molar-refractivity contribution in [3.8, 4) is 0 Å². The van der Waals surface area contributed by atoms with Crippen LogP contribution in [0.2, 0.25) is 10.0 Å². The summed E-state index contributed by atoms with van der Waals surface area (Å²) in [4.78, 5) is 31.7. The van der Waals surface area contributed by atoms with E-state index >= 15 is 0 Å². The van der Waals surface area contributed by atoms with Crippen molar-refractivity contribution in [1.82, 2.24) is 9.55 Å². The summed E-state index contributed by atoms with van der Waals surface area (Å²) in [5.74, 6) is -0.326. The second kappa shape index (κ2) is 8.33. The largest absolute Gasteiger partial charge is 0.507 e. The number of ether oxygens (including phenoxy) is 1. The van der Waals surface area contributed by atoms with Crippen molar-refractivity contribution in [2.45, 2.75) is 18.9 Å². The number of aliphatic hydroxyl groups excluding tert-OH is 1. The van der Waals surface area contributed by atoms with Gasteiger partial charge in [-0.15, -0.1) is 0 Å². The zero-order valence-corrected chi connectivity index (χ0v) is 19.1. The lowest BCUT2D eigenvalue weighted by Gasteiger charge is -2.24. The van der Waals surface area contributed by atoms with Crippen molar-refractivity contribution in [2.75, 3.05) is 13.7 Å². The van der Waals surface area contributed by atoms with Crippen LogP contribution in [0.3, 0.4) is 0 Å². The Bertz CT molecular complexity index is 1470. The minimum atomic E-state index is -0.743. The number of nitrogens with zero attached hydrogens (tertiary/aromatic N) is 1. The van der Waals surface area contributed by atoms with E-state index in [0.717, 1.165) is 5.56 Å². The zero-order chi connectivity index (χ0) is 23.3. The Morgan fingerprint density at radius 3 is 2.64 bits per heavy atom. The molecule has 0 saturated carbocycles. The molecule has 2 aliphatic rings. The van der Waals surface area contributed by atoms with Crippen molar-refractivity contribution in [2.24, 2.45) is 0 Å². The van der Waals surface area contributed by atoms with E-state index in [1.54, 1.807) is 25.3 Å². The first-order valence-corrected chi connectivity index (χ1v) is 11.2. The van der Waals surface area contributed by atoms with Gasteiger partial charge in [-0.05, 0) is 17.7 Å². The van der Waals surface area contributed by atoms with E-state index in [1.165, 1.54) is 4.57 Å². The second-order valence-corrected chi connectivity index (χ2v) is 8.69. The molecule has 1 aliphatic carbocycles. The Morgan fingerprint density at radius 1 is 1.12 bits per heavy atom. The van der Waals surface area contributed by atoms with Gasteiger partial charge in [-0.25, -0.2) is 9.79 Å². The van der Waals surface area contributed by atoms with Crippen molar-refractivity contribution in [3.63, 3.8) is 0 Å². The summed E-state index contributed by atoms with van der Waals surface area (Å²) in [6, 6.07) is 12.6. The van der Waals surface area contributed by atoms with Gasteiger partial charge in [0.15, 0.2) is 0 Å². The predicted octanol–water partition coefficient (Wildman–Crippen LogP) is 2.51. The van der Waals surface area contributed by atoms with Crippen LogP contribution in [0, 0.1) is 0 Å². The van der Waals surface area contributed by atoms with Crippen LogP contribution in [-0.4, -0.2) is 34.1 Å². The predicted molar refractivity (Wildman–Crippen MR) is 127 cm³/mol. The van der Waals surface area contributed by atoms with E-state index in [0.29, 0.717) is 52.8 Å². The van der Waals surface area contributed by atoms with Crippen LogP contribution in [-0.2, 0) is 11.3 Å². The average molecular weight is 485 g/mol. The summed E-state index contributed by atoms with van der Waals surface area (Å²) >= 11 is 12.9. The lowest BCUT2D eigenvalue weighted by atomic mass is 9.81. The van der Waals surface area contributed by atoms with E-state index in [1.807, 2.05) is 24.3 Å². The summed E-state index contributed by atoms with van der Waals surface area (Å²) in [5, 5.41) is 11.8. The minimum Gasteiger partial charge on any atom is -0.507 e. The van der Waals surface area contributed by atoms with Crippen LogP contribution in [0.1, 0.15) is 34.6 Å². The van der Waals surface area contributed by atoms with Gasteiger partial charge < -0.3 is 9.84 Å². The number of allylic oxidation sites excluding steroid dienone is 1. The van der Waals surface area contributed by atoms with Crippen molar-refractivity contribution in [3.05, 3.63) is 101 Å². The monoisotopic (exact) mass is 484 g/mol. The molecule has 1 unspecified atom stereocenters. The molecule has 0 fully saturated rings. The Kier molecular flexibility index (Phi) is 5.48. The molecule has 1 aromatic heterocycles. The molecular formula is C24H20Cl2N3O4+. The number of H-pyrrole nitrogens is 1. The number of methoxy groups -OCH3 is 1. The van der Waals surface area contributed by atoms with Gasteiger partial charge in [0.05, 0.1) is 28.1 Å². The smallest absolute Gasteiger partial charge is 0.415 e. The lowest BCUT2D eigenvalue weighted by Crippen LogP contribution is -2.72. The van der Waals surface area contributed by atoms with Crippen LogP contribution in [0.25, 0.3) is 5.76 Å². The first-order valence-electron chi connectivity index (χ1n) is 10.4. The highest BCUT2D eigenvalue weighted by atomic mass is 35.5. The van der Waals surface area contributed by atoms with Crippen LogP contribution >= 0.6 is 23.2 Å². The highest BCUT2D eigenvalue weighted by Gasteiger charge is 2.45. The Hall–Kier alpha value is -3.13. The number of rotatable bonds is 5. The van der Waals surface area contributed by atoms with E-state index in [9.17, 15) is 14.7 Å². The van der Waals surface area contributed by atoms with Crippen LogP contribution < -0.4 is 16.2 Å². The third-order valence-electron chi connectivity index (χ3n) is 6.05. The Labute approximate surface area is 198 Å². The molecule has 3 N–H and O–H groups in total. The molecule has 0 spiro atoms. The molecule has 0 bridgehead atoms. The number of nitrogens with one attached hydrogen (secondary N) is 2. The molecule has 33 heavy (non-hydrogen) atoms. The van der Waals surface area contributed by atoms with Crippen LogP contribution in [0.15, 0.2) is 57.6 Å². The molecule has 168 valence electrons. The summed E-state index contributed by atoms with van der Waals surface area (Å²) in [7, 11) is 1.59. The number of fused-ring (bicyclic) bond motifs is 4. The van der Waals surface area contributed by atoms with E-state index in [-0.39, 0.29) is 16.3 Å². The number of aliphatic hydroxyl groups is 1. The van der Waals surface area contributed by atoms with Gasteiger partial charge in [0, 0.05) is 31.3 Å². The molecule has 2 heterocycles. The third-order valence-corrected chi connectivity index (χ3v) is 6.89. The maximum Gasteiger partial charge on any atom is 0.415 e. The van der Waals surface area contributed by atoms with Gasteiger partial charge in [0.2, 0.25) is 0 Å². The topological polar surface area (TPSA) is 98.3 Å². The Balaban J connectivity index is 1.87. The molecule has 1 aliphatic heterocycles. The Morgan fingerprint density at radius 2 is 1.88 bits per heavy atom. The van der Waals surface area contributed by atoms with Gasteiger partial charge in [0.25, 0.3) is 11.4 Å². The standard InChI is InChI=1S/C24H19Cl2N3O4/c1-33-11-5-10-29-22-18(23(31)28-24(29)32)16(14-8-4-9-15(25)19(14)26)17-20(27-22)12-6-2-3-7-13(12)21(17)30/h2-4,6-9,16,30H,5,10-11H2,1H3,(H,28,31,32)/p+1. The highest BCUT2D eigenvalue weighted by molar-refractivity contribution is 6.42. The highest BCUT2D eigenvalue weighted by Crippen LogP contribution is 2.46. The van der Waals surface area contributed by atoms with Gasteiger partial charge in [-0.1, -0.05) is 53.5 Å². The summed E-state index contributed by atoms with van der Waals surface area (Å²) in [5.41, 5.74) is 2.32. The zero-order valence-electron chi connectivity index (χ0n) is 17.6. The number of hydrogen-bond acceptors (Lipinski definition) is 4.